The number of methoxy groups -OCH3 is 1. The number of carbonyl (C=O) groups excluding carboxylic acids is 4. The van der Waals surface area contributed by atoms with Gasteiger partial charge in [0.25, 0.3) is 0 Å². The lowest BCUT2D eigenvalue weighted by atomic mass is 9.69. The van der Waals surface area contributed by atoms with E-state index in [0.29, 0.717) is 19.3 Å². The quantitative estimate of drug-likeness (QED) is 0.574. The average molecular weight is 313 g/mol. The summed E-state index contributed by atoms with van der Waals surface area (Å²) in [7, 11) is 1.19. The van der Waals surface area contributed by atoms with E-state index in [1.54, 1.807) is 6.92 Å². The summed E-state index contributed by atoms with van der Waals surface area (Å²) in [4.78, 5) is 47.9. The number of ketones is 1. The van der Waals surface area contributed by atoms with Crippen molar-refractivity contribution in [3.05, 3.63) is 0 Å². The summed E-state index contributed by atoms with van der Waals surface area (Å²) in [5.74, 6) is -1.98. The van der Waals surface area contributed by atoms with Crippen LogP contribution in [-0.2, 0) is 28.7 Å². The van der Waals surface area contributed by atoms with Crippen molar-refractivity contribution in [3.63, 3.8) is 0 Å². The molecule has 0 aromatic carbocycles. The van der Waals surface area contributed by atoms with E-state index in [-0.39, 0.29) is 25.2 Å². The molecule has 1 N–H and O–H groups in total. The molecule has 22 heavy (non-hydrogen) atoms. The van der Waals surface area contributed by atoms with Crippen molar-refractivity contribution in [1.29, 1.82) is 0 Å². The number of carbonyl (C=O) groups is 4. The monoisotopic (exact) mass is 313 g/mol. The maximum absolute atomic E-state index is 12.4. The van der Waals surface area contributed by atoms with Crippen LogP contribution < -0.4 is 5.32 Å². The van der Waals surface area contributed by atoms with Crippen LogP contribution in [0.1, 0.15) is 46.0 Å². The van der Waals surface area contributed by atoms with Crippen LogP contribution in [0.15, 0.2) is 0 Å². The van der Waals surface area contributed by atoms with Gasteiger partial charge in [0, 0.05) is 19.8 Å². The summed E-state index contributed by atoms with van der Waals surface area (Å²) in [6.45, 7) is 3.07. The van der Waals surface area contributed by atoms with Gasteiger partial charge in [0.1, 0.15) is 17.2 Å². The molecular weight excluding hydrogens is 290 g/mol. The Balaban J connectivity index is 3.08. The van der Waals surface area contributed by atoms with E-state index in [4.69, 9.17) is 4.74 Å². The number of hydrogen-bond acceptors (Lipinski definition) is 6. The first-order chi connectivity index (χ1) is 10.4. The third-order valence-electron chi connectivity index (χ3n) is 3.87. The molecule has 0 aliphatic heterocycles. The van der Waals surface area contributed by atoms with Crippen molar-refractivity contribution >= 4 is 23.6 Å². The Hall–Kier alpha value is -1.92. The maximum Gasteiger partial charge on any atom is 0.328 e. The topological polar surface area (TPSA) is 98.8 Å². The first-order valence-electron chi connectivity index (χ1n) is 7.43. The van der Waals surface area contributed by atoms with Crippen LogP contribution in [0, 0.1) is 5.41 Å². The zero-order valence-electron chi connectivity index (χ0n) is 13.3. The minimum absolute atomic E-state index is 0.128. The van der Waals surface area contributed by atoms with Crippen molar-refractivity contribution in [2.45, 2.75) is 52.0 Å². The number of ether oxygens (including phenoxy) is 2. The number of rotatable bonds is 6. The largest absolute Gasteiger partial charge is 0.467 e. The van der Waals surface area contributed by atoms with E-state index in [9.17, 15) is 19.2 Å². The SMILES string of the molecule is CCOC(=O)C1(CC(NC(C)=O)C(=O)OC)CCCCC1=O. The second-order valence-electron chi connectivity index (χ2n) is 5.41. The van der Waals surface area contributed by atoms with Gasteiger partial charge in [-0.1, -0.05) is 6.42 Å². The third kappa shape index (κ3) is 4.05. The molecule has 0 aromatic heterocycles. The predicted octanol–water partition coefficient (Wildman–Crippen LogP) is 0.747. The molecule has 0 spiro atoms. The Labute approximate surface area is 129 Å². The molecule has 1 fully saturated rings. The van der Waals surface area contributed by atoms with E-state index in [2.05, 4.69) is 10.1 Å². The summed E-state index contributed by atoms with van der Waals surface area (Å²) in [5, 5.41) is 2.45. The predicted molar refractivity (Wildman–Crippen MR) is 76.8 cm³/mol. The third-order valence-corrected chi connectivity index (χ3v) is 3.87. The molecular formula is C15H23NO6. The highest BCUT2D eigenvalue weighted by Gasteiger charge is 2.50. The highest BCUT2D eigenvalue weighted by molar-refractivity contribution is 6.05. The molecule has 0 bridgehead atoms. The lowest BCUT2D eigenvalue weighted by Crippen LogP contribution is -2.51. The minimum atomic E-state index is -1.38. The van der Waals surface area contributed by atoms with Gasteiger partial charge in [-0.25, -0.2) is 4.79 Å². The van der Waals surface area contributed by atoms with Crippen LogP contribution in [0.25, 0.3) is 0 Å². The van der Waals surface area contributed by atoms with Gasteiger partial charge in [-0.2, -0.15) is 0 Å². The van der Waals surface area contributed by atoms with Crippen LogP contribution in [0.5, 0.6) is 0 Å². The summed E-state index contributed by atoms with van der Waals surface area (Å²) in [6, 6.07) is -1.05. The number of esters is 2. The normalized spacial score (nSPS) is 22.6. The van der Waals surface area contributed by atoms with Gasteiger partial charge in [0.15, 0.2) is 0 Å². The minimum Gasteiger partial charge on any atom is -0.467 e. The molecule has 0 aromatic rings. The second kappa shape index (κ2) is 7.91. The smallest absolute Gasteiger partial charge is 0.328 e. The van der Waals surface area contributed by atoms with E-state index >= 15 is 0 Å². The summed E-state index contributed by atoms with van der Waals surface area (Å²) in [5.41, 5.74) is -1.38. The maximum atomic E-state index is 12.4. The molecule has 7 nitrogen and oxygen atoms in total. The Bertz CT molecular complexity index is 461. The molecule has 0 heterocycles. The van der Waals surface area contributed by atoms with Gasteiger partial charge in [0.2, 0.25) is 5.91 Å². The van der Waals surface area contributed by atoms with Crippen molar-refractivity contribution in [3.8, 4) is 0 Å². The fourth-order valence-corrected chi connectivity index (χ4v) is 2.80. The second-order valence-corrected chi connectivity index (χ2v) is 5.41. The van der Waals surface area contributed by atoms with Gasteiger partial charge in [-0.15, -0.1) is 0 Å². The first kappa shape index (κ1) is 18.1. The van der Waals surface area contributed by atoms with Crippen molar-refractivity contribution in [2.75, 3.05) is 13.7 Å². The van der Waals surface area contributed by atoms with E-state index < -0.39 is 29.3 Å². The lowest BCUT2D eigenvalue weighted by molar-refractivity contribution is -0.164. The molecule has 2 atom stereocenters. The van der Waals surface area contributed by atoms with Crippen LogP contribution >= 0.6 is 0 Å². The Kier molecular flexibility index (Phi) is 6.52. The molecule has 7 heteroatoms. The fourth-order valence-electron chi connectivity index (χ4n) is 2.80. The average Bonchev–Trinajstić information content (AvgIpc) is 2.47. The molecule has 0 radical (unpaired) electrons. The van der Waals surface area contributed by atoms with Gasteiger partial charge in [-0.3, -0.25) is 14.4 Å². The standard InChI is InChI=1S/C15H23NO6/c1-4-22-14(20)15(8-6-5-7-12(15)18)9-11(13(19)21-3)16-10(2)17/h11H,4-9H2,1-3H3,(H,16,17). The van der Waals surface area contributed by atoms with Crippen molar-refractivity contribution < 1.29 is 28.7 Å². The van der Waals surface area contributed by atoms with Crippen molar-refractivity contribution in [1.82, 2.24) is 5.32 Å². The van der Waals surface area contributed by atoms with Gasteiger partial charge < -0.3 is 14.8 Å². The van der Waals surface area contributed by atoms with Gasteiger partial charge in [0.05, 0.1) is 13.7 Å². The number of hydrogen-bond donors (Lipinski definition) is 1. The number of amides is 1. The molecule has 0 saturated heterocycles. The van der Waals surface area contributed by atoms with Crippen LogP contribution in [-0.4, -0.2) is 43.4 Å². The Morgan fingerprint density at radius 3 is 2.50 bits per heavy atom. The van der Waals surface area contributed by atoms with Gasteiger partial charge in [-0.05, 0) is 19.8 Å². The molecule has 1 aliphatic rings. The van der Waals surface area contributed by atoms with Crippen LogP contribution in [0.3, 0.4) is 0 Å². The zero-order chi connectivity index (χ0) is 16.8. The number of nitrogens with one attached hydrogen (secondary N) is 1. The zero-order valence-corrected chi connectivity index (χ0v) is 13.3. The summed E-state index contributed by atoms with van der Waals surface area (Å²) >= 11 is 0. The van der Waals surface area contributed by atoms with E-state index in [0.717, 1.165) is 0 Å². The van der Waals surface area contributed by atoms with Gasteiger partial charge >= 0.3 is 11.9 Å². The molecule has 1 aliphatic carbocycles. The highest BCUT2D eigenvalue weighted by Crippen LogP contribution is 2.39. The van der Waals surface area contributed by atoms with E-state index in [1.807, 2.05) is 0 Å². The molecule has 1 amide bonds. The van der Waals surface area contributed by atoms with Crippen LogP contribution in [0.2, 0.25) is 0 Å². The summed E-state index contributed by atoms with van der Waals surface area (Å²) < 4.78 is 9.71. The van der Waals surface area contributed by atoms with Crippen molar-refractivity contribution in [2.24, 2.45) is 5.41 Å². The molecule has 2 unspecified atom stereocenters. The van der Waals surface area contributed by atoms with Crippen LogP contribution in [0.4, 0.5) is 0 Å². The number of Topliss-reactive ketones (excluding diaryl/α,β-unsaturated/α-hetero) is 1. The first-order valence-corrected chi connectivity index (χ1v) is 7.43. The molecule has 1 saturated carbocycles. The molecule has 1 rings (SSSR count). The lowest BCUT2D eigenvalue weighted by Gasteiger charge is -2.35. The molecule has 124 valence electrons. The summed E-state index contributed by atoms with van der Waals surface area (Å²) in [6.07, 6.45) is 1.86. The Morgan fingerprint density at radius 1 is 1.32 bits per heavy atom. The van der Waals surface area contributed by atoms with E-state index in [1.165, 1.54) is 14.0 Å². The fraction of sp³-hybridized carbons (Fsp3) is 0.733. The highest BCUT2D eigenvalue weighted by atomic mass is 16.5. The Morgan fingerprint density at radius 2 is 2.00 bits per heavy atom.